The van der Waals surface area contributed by atoms with Crippen molar-refractivity contribution in [3.63, 3.8) is 0 Å². The van der Waals surface area contributed by atoms with Crippen molar-refractivity contribution in [1.82, 2.24) is 0 Å². The zero-order valence-corrected chi connectivity index (χ0v) is 9.61. The number of carbonyl (C=O) groups excluding carboxylic acids is 2. The van der Waals surface area contributed by atoms with Gasteiger partial charge in [0.2, 0.25) is 0 Å². The van der Waals surface area contributed by atoms with Crippen LogP contribution in [0.2, 0.25) is 0 Å². The van der Waals surface area contributed by atoms with Crippen LogP contribution in [0.1, 0.15) is 27.7 Å². The molecular formula is C10H18O5. The molecule has 0 aliphatic heterocycles. The number of carbonyl (C=O) groups is 2. The maximum atomic E-state index is 10.5. The van der Waals surface area contributed by atoms with Crippen LogP contribution >= 0.6 is 0 Å². The number of rotatable bonds is 6. The smallest absolute Gasteiger partial charge is 0.302 e. The summed E-state index contributed by atoms with van der Waals surface area (Å²) in [6.45, 7) is 6.75. The standard InChI is InChI=1S/C10H18O5/c1-7(14-9(3)11)5-13-6-8(2)15-10(4)12/h7-8H,5-6H2,1-4H3/t7-,8-/m1/s1. The van der Waals surface area contributed by atoms with Crippen molar-refractivity contribution >= 4 is 11.9 Å². The highest BCUT2D eigenvalue weighted by Gasteiger charge is 2.08. The van der Waals surface area contributed by atoms with E-state index in [2.05, 4.69) is 0 Å². The van der Waals surface area contributed by atoms with Crippen molar-refractivity contribution in [1.29, 1.82) is 0 Å². The van der Waals surface area contributed by atoms with Crippen molar-refractivity contribution in [3.8, 4) is 0 Å². The van der Waals surface area contributed by atoms with E-state index in [4.69, 9.17) is 14.2 Å². The lowest BCUT2D eigenvalue weighted by atomic mass is 10.4. The highest BCUT2D eigenvalue weighted by atomic mass is 16.6. The predicted octanol–water partition coefficient (Wildman–Crippen LogP) is 0.906. The van der Waals surface area contributed by atoms with Crippen molar-refractivity contribution in [3.05, 3.63) is 0 Å². The molecule has 0 unspecified atom stereocenters. The Morgan fingerprint density at radius 1 is 0.933 bits per heavy atom. The summed E-state index contributed by atoms with van der Waals surface area (Å²) in [6, 6.07) is 0. The van der Waals surface area contributed by atoms with E-state index in [1.807, 2.05) is 0 Å². The normalized spacial score (nSPS) is 14.1. The summed E-state index contributed by atoms with van der Waals surface area (Å²) in [5.41, 5.74) is 0. The highest BCUT2D eigenvalue weighted by molar-refractivity contribution is 5.66. The molecule has 0 aromatic rings. The minimum atomic E-state index is -0.334. The maximum Gasteiger partial charge on any atom is 0.302 e. The van der Waals surface area contributed by atoms with Gasteiger partial charge in [-0.05, 0) is 13.8 Å². The number of esters is 2. The molecule has 0 N–H and O–H groups in total. The lowest BCUT2D eigenvalue weighted by Crippen LogP contribution is -2.24. The molecule has 0 amide bonds. The molecule has 0 bridgehead atoms. The van der Waals surface area contributed by atoms with Crippen LogP contribution < -0.4 is 0 Å². The van der Waals surface area contributed by atoms with Gasteiger partial charge in [0, 0.05) is 13.8 Å². The summed E-state index contributed by atoms with van der Waals surface area (Å²) >= 11 is 0. The Morgan fingerprint density at radius 2 is 1.27 bits per heavy atom. The first-order valence-corrected chi connectivity index (χ1v) is 4.84. The monoisotopic (exact) mass is 218 g/mol. The van der Waals surface area contributed by atoms with Gasteiger partial charge in [-0.15, -0.1) is 0 Å². The third kappa shape index (κ3) is 9.21. The van der Waals surface area contributed by atoms with Gasteiger partial charge < -0.3 is 14.2 Å². The van der Waals surface area contributed by atoms with Gasteiger partial charge in [0.15, 0.2) is 0 Å². The summed E-state index contributed by atoms with van der Waals surface area (Å²) in [5, 5.41) is 0. The minimum Gasteiger partial charge on any atom is -0.460 e. The van der Waals surface area contributed by atoms with E-state index in [-0.39, 0.29) is 24.1 Å². The van der Waals surface area contributed by atoms with Crippen LogP contribution in [0, 0.1) is 0 Å². The van der Waals surface area contributed by atoms with Gasteiger partial charge in [-0.25, -0.2) is 0 Å². The Morgan fingerprint density at radius 3 is 1.53 bits per heavy atom. The second-order valence-electron chi connectivity index (χ2n) is 3.38. The van der Waals surface area contributed by atoms with E-state index in [1.54, 1.807) is 13.8 Å². The summed E-state index contributed by atoms with van der Waals surface area (Å²) in [4.78, 5) is 21.1. The van der Waals surface area contributed by atoms with Gasteiger partial charge in [0.1, 0.15) is 12.2 Å². The Balaban J connectivity index is 3.52. The van der Waals surface area contributed by atoms with Crippen molar-refractivity contribution < 1.29 is 23.8 Å². The van der Waals surface area contributed by atoms with E-state index in [0.717, 1.165) is 0 Å². The fourth-order valence-corrected chi connectivity index (χ4v) is 1.03. The Bertz CT molecular complexity index is 192. The summed E-state index contributed by atoms with van der Waals surface area (Å²) < 4.78 is 14.9. The summed E-state index contributed by atoms with van der Waals surface area (Å²) in [7, 11) is 0. The molecule has 0 rings (SSSR count). The second kappa shape index (κ2) is 7.23. The fraction of sp³-hybridized carbons (Fsp3) is 0.800. The van der Waals surface area contributed by atoms with Gasteiger partial charge >= 0.3 is 11.9 Å². The molecule has 0 spiro atoms. The molecule has 0 saturated carbocycles. The Hall–Kier alpha value is -1.10. The number of hydrogen-bond donors (Lipinski definition) is 0. The molecule has 2 atom stereocenters. The molecule has 0 radical (unpaired) electrons. The molecule has 5 heteroatoms. The van der Waals surface area contributed by atoms with Crippen LogP contribution in [0.25, 0.3) is 0 Å². The van der Waals surface area contributed by atoms with Crippen molar-refractivity contribution in [2.75, 3.05) is 13.2 Å². The summed E-state index contributed by atoms with van der Waals surface area (Å²) in [6.07, 6.45) is -0.570. The lowest BCUT2D eigenvalue weighted by Gasteiger charge is -2.15. The van der Waals surface area contributed by atoms with Crippen LogP contribution in [-0.2, 0) is 23.8 Å². The van der Waals surface area contributed by atoms with Gasteiger partial charge in [0.05, 0.1) is 13.2 Å². The SMILES string of the molecule is CC(=O)O[C@H](C)COC[C@@H](C)OC(C)=O. The molecule has 88 valence electrons. The first-order valence-electron chi connectivity index (χ1n) is 4.84. The van der Waals surface area contributed by atoms with Gasteiger partial charge in [-0.1, -0.05) is 0 Å². The Labute approximate surface area is 89.7 Å². The zero-order valence-electron chi connectivity index (χ0n) is 9.61. The zero-order chi connectivity index (χ0) is 11.8. The number of hydrogen-bond acceptors (Lipinski definition) is 5. The van der Waals surface area contributed by atoms with E-state index in [0.29, 0.717) is 13.2 Å². The highest BCUT2D eigenvalue weighted by Crippen LogP contribution is 1.96. The van der Waals surface area contributed by atoms with E-state index in [9.17, 15) is 9.59 Å². The van der Waals surface area contributed by atoms with E-state index < -0.39 is 0 Å². The van der Waals surface area contributed by atoms with Crippen LogP contribution in [0.4, 0.5) is 0 Å². The molecule has 0 fully saturated rings. The number of ether oxygens (including phenoxy) is 3. The van der Waals surface area contributed by atoms with E-state index >= 15 is 0 Å². The second-order valence-corrected chi connectivity index (χ2v) is 3.38. The molecule has 0 heterocycles. The summed E-state index contributed by atoms with van der Waals surface area (Å²) in [5.74, 6) is -0.668. The Kier molecular flexibility index (Phi) is 6.70. The van der Waals surface area contributed by atoms with Gasteiger partial charge in [0.25, 0.3) is 0 Å². The molecular weight excluding hydrogens is 200 g/mol. The molecule has 15 heavy (non-hydrogen) atoms. The molecule has 0 aliphatic rings. The first kappa shape index (κ1) is 13.9. The maximum absolute atomic E-state index is 10.5. The first-order chi connectivity index (χ1) is 6.91. The van der Waals surface area contributed by atoms with Gasteiger partial charge in [-0.2, -0.15) is 0 Å². The van der Waals surface area contributed by atoms with Gasteiger partial charge in [-0.3, -0.25) is 9.59 Å². The molecule has 0 aromatic carbocycles. The van der Waals surface area contributed by atoms with Crippen molar-refractivity contribution in [2.45, 2.75) is 39.9 Å². The lowest BCUT2D eigenvalue weighted by molar-refractivity contribution is -0.151. The predicted molar refractivity (Wildman–Crippen MR) is 53.3 cm³/mol. The van der Waals surface area contributed by atoms with Crippen molar-refractivity contribution in [2.24, 2.45) is 0 Å². The average Bonchev–Trinajstić information content (AvgIpc) is 2.00. The quantitative estimate of drug-likeness (QED) is 0.620. The topological polar surface area (TPSA) is 61.8 Å². The minimum absolute atomic E-state index is 0.285. The molecule has 0 aromatic heterocycles. The molecule has 0 aliphatic carbocycles. The third-order valence-electron chi connectivity index (χ3n) is 1.44. The third-order valence-corrected chi connectivity index (χ3v) is 1.44. The largest absolute Gasteiger partial charge is 0.460 e. The van der Waals surface area contributed by atoms with Crippen LogP contribution in [-0.4, -0.2) is 37.4 Å². The van der Waals surface area contributed by atoms with Crippen LogP contribution in [0.15, 0.2) is 0 Å². The van der Waals surface area contributed by atoms with E-state index in [1.165, 1.54) is 13.8 Å². The van der Waals surface area contributed by atoms with Crippen LogP contribution in [0.3, 0.4) is 0 Å². The average molecular weight is 218 g/mol. The molecule has 5 nitrogen and oxygen atoms in total. The fourth-order valence-electron chi connectivity index (χ4n) is 1.03. The van der Waals surface area contributed by atoms with Crippen LogP contribution in [0.5, 0.6) is 0 Å². The molecule has 0 saturated heterocycles.